The highest BCUT2D eigenvalue weighted by atomic mass is 35.5. The molecule has 0 unspecified atom stereocenters. The largest absolute Gasteiger partial charge is 0.352 e. The lowest BCUT2D eigenvalue weighted by atomic mass is 9.96. The molecule has 1 aliphatic rings. The van der Waals surface area contributed by atoms with Crippen LogP contribution in [-0.2, 0) is 0 Å². The third-order valence-electron chi connectivity index (χ3n) is 5.42. The summed E-state index contributed by atoms with van der Waals surface area (Å²) < 4.78 is 14.6. The van der Waals surface area contributed by atoms with Crippen molar-refractivity contribution >= 4 is 17.5 Å². The average molecular weight is 422 g/mol. The molecule has 0 aliphatic carbocycles. The number of benzene rings is 1. The quantitative estimate of drug-likeness (QED) is 0.746. The third kappa shape index (κ3) is 5.56. The van der Waals surface area contributed by atoms with Crippen LogP contribution in [-0.4, -0.2) is 72.3 Å². The van der Waals surface area contributed by atoms with E-state index < -0.39 is 0 Å². The summed E-state index contributed by atoms with van der Waals surface area (Å²) in [5, 5.41) is 7.63. The van der Waals surface area contributed by atoms with Crippen LogP contribution < -0.4 is 5.32 Å². The maximum atomic E-state index is 13.2. The molecular weight excluding hydrogens is 393 g/mol. The van der Waals surface area contributed by atoms with Gasteiger partial charge >= 0.3 is 0 Å². The van der Waals surface area contributed by atoms with E-state index in [1.54, 1.807) is 19.1 Å². The summed E-state index contributed by atoms with van der Waals surface area (Å²) in [6, 6.07) is 5.85. The Morgan fingerprint density at radius 2 is 1.93 bits per heavy atom. The fourth-order valence-corrected chi connectivity index (χ4v) is 3.95. The van der Waals surface area contributed by atoms with E-state index in [-0.39, 0.29) is 16.9 Å². The van der Waals surface area contributed by atoms with Crippen molar-refractivity contribution in [3.05, 3.63) is 46.5 Å². The standard InChI is InChI=1S/C21H29ClFN5O/c1-15-19(20(22)28(25-15)18-6-4-17(23)5-7-18)21(29)24-14-16-8-10-27(11-9-16)13-12-26(2)3/h4-7,16H,8-14H2,1-3H3,(H,24,29). The molecule has 1 aromatic carbocycles. The van der Waals surface area contributed by atoms with Gasteiger partial charge in [0.2, 0.25) is 0 Å². The predicted octanol–water partition coefficient (Wildman–Crippen LogP) is 2.98. The van der Waals surface area contributed by atoms with E-state index in [4.69, 9.17) is 11.6 Å². The number of piperidine rings is 1. The van der Waals surface area contributed by atoms with E-state index in [9.17, 15) is 9.18 Å². The third-order valence-corrected chi connectivity index (χ3v) is 5.77. The highest BCUT2D eigenvalue weighted by Gasteiger charge is 2.23. The summed E-state index contributed by atoms with van der Waals surface area (Å²) in [6.45, 7) is 6.68. The lowest BCUT2D eigenvalue weighted by Gasteiger charge is -2.32. The molecule has 6 nitrogen and oxygen atoms in total. The molecule has 1 aliphatic heterocycles. The molecule has 0 radical (unpaired) electrons. The van der Waals surface area contributed by atoms with Crippen molar-refractivity contribution in [2.45, 2.75) is 19.8 Å². The zero-order valence-corrected chi connectivity index (χ0v) is 18.0. The lowest BCUT2D eigenvalue weighted by molar-refractivity contribution is 0.0934. The van der Waals surface area contributed by atoms with Crippen LogP contribution in [0.3, 0.4) is 0 Å². The van der Waals surface area contributed by atoms with Gasteiger partial charge in [-0.15, -0.1) is 0 Å². The molecular formula is C21H29ClFN5O. The van der Waals surface area contributed by atoms with E-state index in [0.717, 1.165) is 39.0 Å². The number of nitrogens with zero attached hydrogens (tertiary/aromatic N) is 4. The molecule has 1 N–H and O–H groups in total. The van der Waals surface area contributed by atoms with Gasteiger partial charge < -0.3 is 15.1 Å². The molecule has 1 fully saturated rings. The minimum atomic E-state index is -0.334. The number of carbonyl (C=O) groups excluding carboxylic acids is 1. The van der Waals surface area contributed by atoms with Crippen LogP contribution in [0.5, 0.6) is 0 Å². The summed E-state index contributed by atoms with van der Waals surface area (Å²) in [6.07, 6.45) is 2.16. The number of hydrogen-bond donors (Lipinski definition) is 1. The Morgan fingerprint density at radius 3 is 2.55 bits per heavy atom. The van der Waals surface area contributed by atoms with Gasteiger partial charge in [-0.1, -0.05) is 11.6 Å². The molecule has 0 saturated carbocycles. The maximum Gasteiger partial charge on any atom is 0.256 e. The van der Waals surface area contributed by atoms with Gasteiger partial charge in [0.25, 0.3) is 5.91 Å². The maximum absolute atomic E-state index is 13.2. The predicted molar refractivity (Wildman–Crippen MR) is 113 cm³/mol. The average Bonchev–Trinajstić information content (AvgIpc) is 3.00. The van der Waals surface area contributed by atoms with Crippen LogP contribution >= 0.6 is 11.6 Å². The van der Waals surface area contributed by atoms with Crippen LogP contribution in [0.1, 0.15) is 28.9 Å². The normalized spacial score (nSPS) is 15.8. The number of hydrogen-bond acceptors (Lipinski definition) is 4. The zero-order valence-electron chi connectivity index (χ0n) is 17.3. The first-order valence-electron chi connectivity index (χ1n) is 10.0. The topological polar surface area (TPSA) is 53.4 Å². The summed E-state index contributed by atoms with van der Waals surface area (Å²) in [7, 11) is 4.18. The van der Waals surface area contributed by atoms with Gasteiger partial charge in [-0.3, -0.25) is 4.79 Å². The molecule has 8 heteroatoms. The number of likely N-dealkylation sites (tertiary alicyclic amines) is 1. The second-order valence-electron chi connectivity index (χ2n) is 7.94. The van der Waals surface area contributed by atoms with Crippen molar-refractivity contribution in [2.75, 3.05) is 46.8 Å². The van der Waals surface area contributed by atoms with Crippen molar-refractivity contribution in [3.8, 4) is 5.69 Å². The first-order chi connectivity index (χ1) is 13.8. The Hall–Kier alpha value is -1.96. The van der Waals surface area contributed by atoms with Crippen molar-refractivity contribution in [2.24, 2.45) is 5.92 Å². The molecule has 2 heterocycles. The van der Waals surface area contributed by atoms with E-state index >= 15 is 0 Å². The van der Waals surface area contributed by atoms with Crippen LogP contribution in [0, 0.1) is 18.7 Å². The number of aromatic nitrogens is 2. The summed E-state index contributed by atoms with van der Waals surface area (Å²) in [5.74, 6) is -0.0730. The van der Waals surface area contributed by atoms with E-state index in [0.29, 0.717) is 29.4 Å². The molecule has 1 saturated heterocycles. The Balaban J connectivity index is 1.56. The van der Waals surface area contributed by atoms with E-state index in [1.807, 2.05) is 0 Å². The fourth-order valence-electron chi connectivity index (χ4n) is 3.59. The Kier molecular flexibility index (Phi) is 7.27. The van der Waals surface area contributed by atoms with Gasteiger partial charge in [0.05, 0.1) is 16.9 Å². The van der Waals surface area contributed by atoms with Crippen LogP contribution in [0.15, 0.2) is 24.3 Å². The first-order valence-corrected chi connectivity index (χ1v) is 10.4. The SMILES string of the molecule is Cc1nn(-c2ccc(F)cc2)c(Cl)c1C(=O)NCC1CCN(CCN(C)C)CC1. The van der Waals surface area contributed by atoms with Gasteiger partial charge in [0.15, 0.2) is 0 Å². The minimum absolute atomic E-state index is 0.212. The zero-order chi connectivity index (χ0) is 21.0. The summed E-state index contributed by atoms with van der Waals surface area (Å²) in [5.41, 5.74) is 1.54. The number of carbonyl (C=O) groups is 1. The molecule has 0 bridgehead atoms. The first kappa shape index (κ1) is 21.7. The van der Waals surface area contributed by atoms with Crippen molar-refractivity contribution in [3.63, 3.8) is 0 Å². The van der Waals surface area contributed by atoms with Crippen LogP contribution in [0.25, 0.3) is 5.69 Å². The second kappa shape index (κ2) is 9.69. The molecule has 2 aromatic rings. The van der Waals surface area contributed by atoms with Gasteiger partial charge in [0, 0.05) is 19.6 Å². The van der Waals surface area contributed by atoms with Gasteiger partial charge in [-0.2, -0.15) is 5.10 Å². The Morgan fingerprint density at radius 1 is 1.28 bits per heavy atom. The van der Waals surface area contributed by atoms with E-state index in [2.05, 4.69) is 34.3 Å². The van der Waals surface area contributed by atoms with Crippen molar-refractivity contribution < 1.29 is 9.18 Å². The van der Waals surface area contributed by atoms with E-state index in [1.165, 1.54) is 16.8 Å². The number of rotatable bonds is 7. The molecule has 158 valence electrons. The monoisotopic (exact) mass is 421 g/mol. The van der Waals surface area contributed by atoms with Crippen molar-refractivity contribution in [1.29, 1.82) is 0 Å². The van der Waals surface area contributed by atoms with Crippen LogP contribution in [0.2, 0.25) is 5.15 Å². The molecule has 0 atom stereocenters. The smallest absolute Gasteiger partial charge is 0.256 e. The second-order valence-corrected chi connectivity index (χ2v) is 8.30. The Labute approximate surface area is 176 Å². The summed E-state index contributed by atoms with van der Waals surface area (Å²) >= 11 is 6.43. The number of likely N-dealkylation sites (N-methyl/N-ethyl adjacent to an activating group) is 1. The summed E-state index contributed by atoms with van der Waals surface area (Å²) in [4.78, 5) is 17.4. The lowest BCUT2D eigenvalue weighted by Crippen LogP contribution is -2.41. The highest BCUT2D eigenvalue weighted by Crippen LogP contribution is 2.24. The Bertz CT molecular complexity index is 828. The molecule has 0 spiro atoms. The molecule has 3 rings (SSSR count). The minimum Gasteiger partial charge on any atom is -0.352 e. The van der Waals surface area contributed by atoms with Gasteiger partial charge in [-0.25, -0.2) is 9.07 Å². The number of nitrogens with one attached hydrogen (secondary N) is 1. The number of aryl methyl sites for hydroxylation is 1. The molecule has 1 amide bonds. The number of amides is 1. The molecule has 29 heavy (non-hydrogen) atoms. The molecule has 1 aromatic heterocycles. The van der Waals surface area contributed by atoms with Crippen LogP contribution in [0.4, 0.5) is 4.39 Å². The fraction of sp³-hybridized carbons (Fsp3) is 0.524. The van der Waals surface area contributed by atoms with Gasteiger partial charge in [0.1, 0.15) is 11.0 Å². The number of halogens is 2. The van der Waals surface area contributed by atoms with Crippen molar-refractivity contribution in [1.82, 2.24) is 24.9 Å². The highest BCUT2D eigenvalue weighted by molar-refractivity contribution is 6.33. The van der Waals surface area contributed by atoms with Gasteiger partial charge in [-0.05, 0) is 77.1 Å².